The van der Waals surface area contributed by atoms with E-state index in [2.05, 4.69) is 14.7 Å². The van der Waals surface area contributed by atoms with Crippen molar-refractivity contribution in [2.24, 2.45) is 0 Å². The van der Waals surface area contributed by atoms with Gasteiger partial charge in [-0.3, -0.25) is 0 Å². The Morgan fingerprint density at radius 1 is 1.54 bits per heavy atom. The maximum absolute atomic E-state index is 10.8. The lowest BCUT2D eigenvalue weighted by molar-refractivity contribution is 0.0586. The molecule has 0 bridgehead atoms. The normalized spacial score (nSPS) is 9.31. The number of carbonyl (C=O) groups excluding carboxylic acids is 1. The third-order valence-corrected chi connectivity index (χ3v) is 1.24. The van der Waals surface area contributed by atoms with Gasteiger partial charge in [-0.2, -0.15) is 0 Å². The molecule has 0 aliphatic heterocycles. The van der Waals surface area contributed by atoms with Gasteiger partial charge in [-0.05, 0) is 6.07 Å². The quantitative estimate of drug-likeness (QED) is 0.645. The number of aromatic nitrogens is 2. The van der Waals surface area contributed by atoms with Gasteiger partial charge in [0.2, 0.25) is 5.82 Å². The van der Waals surface area contributed by atoms with Crippen molar-refractivity contribution in [3.63, 3.8) is 0 Å². The molecule has 0 radical (unpaired) electrons. The van der Waals surface area contributed by atoms with Gasteiger partial charge >= 0.3 is 11.9 Å². The predicted octanol–water partition coefficient (Wildman–Crippen LogP) is -0.0386. The molecule has 1 aromatic heterocycles. The molecule has 1 N–H and O–H groups in total. The molecule has 0 aliphatic carbocycles. The molecule has 6 nitrogen and oxygen atoms in total. The third kappa shape index (κ3) is 1.98. The van der Waals surface area contributed by atoms with E-state index in [1.807, 2.05) is 0 Å². The standard InChI is InChI=1S/C7H6N2O4/c1-13-7(12)5-8-3-2-4(9-5)6(10)11/h2-3H,1H3,(H,10,11). The van der Waals surface area contributed by atoms with E-state index in [0.29, 0.717) is 0 Å². The molecule has 13 heavy (non-hydrogen) atoms. The number of hydrogen-bond acceptors (Lipinski definition) is 5. The van der Waals surface area contributed by atoms with Gasteiger partial charge in [0.25, 0.3) is 0 Å². The number of esters is 1. The molecule has 1 aromatic rings. The van der Waals surface area contributed by atoms with Gasteiger partial charge in [0, 0.05) is 6.20 Å². The zero-order valence-electron chi connectivity index (χ0n) is 6.72. The Hall–Kier alpha value is -1.98. The number of carbonyl (C=O) groups is 2. The fourth-order valence-corrected chi connectivity index (χ4v) is 0.667. The van der Waals surface area contributed by atoms with E-state index in [-0.39, 0.29) is 11.5 Å². The predicted molar refractivity (Wildman–Crippen MR) is 40.3 cm³/mol. The second-order valence-electron chi connectivity index (χ2n) is 2.06. The fourth-order valence-electron chi connectivity index (χ4n) is 0.667. The van der Waals surface area contributed by atoms with Gasteiger partial charge in [-0.15, -0.1) is 0 Å². The van der Waals surface area contributed by atoms with Crippen LogP contribution in [0.25, 0.3) is 0 Å². The third-order valence-electron chi connectivity index (χ3n) is 1.24. The average molecular weight is 182 g/mol. The second-order valence-corrected chi connectivity index (χ2v) is 2.06. The molecule has 0 atom stereocenters. The first-order chi connectivity index (χ1) is 6.15. The van der Waals surface area contributed by atoms with Gasteiger partial charge < -0.3 is 9.84 Å². The highest BCUT2D eigenvalue weighted by Gasteiger charge is 2.12. The summed E-state index contributed by atoms with van der Waals surface area (Å²) in [6.45, 7) is 0. The van der Waals surface area contributed by atoms with E-state index in [9.17, 15) is 9.59 Å². The first-order valence-electron chi connectivity index (χ1n) is 3.30. The minimum atomic E-state index is -1.22. The molecule has 0 fully saturated rings. The zero-order valence-corrected chi connectivity index (χ0v) is 6.72. The van der Waals surface area contributed by atoms with Crippen LogP contribution in [0.2, 0.25) is 0 Å². The lowest BCUT2D eigenvalue weighted by Crippen LogP contribution is -2.11. The Kier molecular flexibility index (Phi) is 2.53. The summed E-state index contributed by atoms with van der Waals surface area (Å²) in [5.74, 6) is -2.24. The monoisotopic (exact) mass is 182 g/mol. The Bertz CT molecular complexity index is 350. The summed E-state index contributed by atoms with van der Waals surface area (Å²) >= 11 is 0. The van der Waals surface area contributed by atoms with Crippen molar-refractivity contribution < 1.29 is 19.4 Å². The smallest absolute Gasteiger partial charge is 0.376 e. The molecule has 0 aliphatic rings. The summed E-state index contributed by atoms with van der Waals surface area (Å²) < 4.78 is 4.31. The van der Waals surface area contributed by atoms with Gasteiger partial charge in [-0.1, -0.05) is 0 Å². The Balaban J connectivity index is 3.05. The van der Waals surface area contributed by atoms with E-state index in [0.717, 1.165) is 0 Å². The number of rotatable bonds is 2. The highest BCUT2D eigenvalue weighted by Crippen LogP contribution is 1.96. The van der Waals surface area contributed by atoms with Crippen LogP contribution in [0.15, 0.2) is 12.3 Å². The Morgan fingerprint density at radius 3 is 2.77 bits per heavy atom. The number of carboxylic acid groups (broad SMARTS) is 1. The van der Waals surface area contributed by atoms with Gasteiger partial charge in [-0.25, -0.2) is 19.6 Å². The molecule has 0 aromatic carbocycles. The molecule has 1 rings (SSSR count). The molecule has 6 heteroatoms. The van der Waals surface area contributed by atoms with Gasteiger partial charge in [0.15, 0.2) is 5.69 Å². The molecular formula is C7H6N2O4. The van der Waals surface area contributed by atoms with Crippen LogP contribution in [-0.4, -0.2) is 34.1 Å². The number of aromatic carboxylic acids is 1. The number of nitrogens with zero attached hydrogens (tertiary/aromatic N) is 2. The van der Waals surface area contributed by atoms with Crippen molar-refractivity contribution in [3.8, 4) is 0 Å². The van der Waals surface area contributed by atoms with E-state index in [1.165, 1.54) is 19.4 Å². The minimum Gasteiger partial charge on any atom is -0.477 e. The maximum Gasteiger partial charge on any atom is 0.376 e. The molecule has 68 valence electrons. The fraction of sp³-hybridized carbons (Fsp3) is 0.143. The van der Waals surface area contributed by atoms with Crippen molar-refractivity contribution in [3.05, 3.63) is 23.8 Å². The van der Waals surface area contributed by atoms with Crippen LogP contribution in [0, 0.1) is 0 Å². The summed E-state index contributed by atoms with van der Waals surface area (Å²) in [5, 5.41) is 8.52. The summed E-state index contributed by atoms with van der Waals surface area (Å²) in [7, 11) is 1.17. The lowest BCUT2D eigenvalue weighted by Gasteiger charge is -1.97. The van der Waals surface area contributed by atoms with Crippen molar-refractivity contribution in [1.29, 1.82) is 0 Å². The van der Waals surface area contributed by atoms with E-state index in [1.54, 1.807) is 0 Å². The molecule has 0 saturated carbocycles. The highest BCUT2D eigenvalue weighted by molar-refractivity contribution is 5.89. The largest absolute Gasteiger partial charge is 0.477 e. The van der Waals surface area contributed by atoms with Crippen molar-refractivity contribution in [1.82, 2.24) is 9.97 Å². The van der Waals surface area contributed by atoms with Crippen molar-refractivity contribution >= 4 is 11.9 Å². The van der Waals surface area contributed by atoms with Crippen molar-refractivity contribution in [2.45, 2.75) is 0 Å². The number of carboxylic acids is 1. The van der Waals surface area contributed by atoms with Gasteiger partial charge in [0.1, 0.15) is 0 Å². The highest BCUT2D eigenvalue weighted by atomic mass is 16.5. The second kappa shape index (κ2) is 3.61. The van der Waals surface area contributed by atoms with Gasteiger partial charge in [0.05, 0.1) is 7.11 Å². The van der Waals surface area contributed by atoms with E-state index < -0.39 is 11.9 Å². The van der Waals surface area contributed by atoms with Crippen LogP contribution < -0.4 is 0 Å². The van der Waals surface area contributed by atoms with E-state index >= 15 is 0 Å². The number of hydrogen-bond donors (Lipinski definition) is 1. The Morgan fingerprint density at radius 2 is 2.23 bits per heavy atom. The average Bonchev–Trinajstić information content (AvgIpc) is 2.17. The summed E-state index contributed by atoms with van der Waals surface area (Å²) in [6.07, 6.45) is 1.18. The molecule has 0 saturated heterocycles. The molecule has 1 heterocycles. The van der Waals surface area contributed by atoms with Crippen LogP contribution in [0.1, 0.15) is 21.1 Å². The topological polar surface area (TPSA) is 89.4 Å². The number of methoxy groups -OCH3 is 1. The van der Waals surface area contributed by atoms with Crippen LogP contribution in [0.4, 0.5) is 0 Å². The first-order valence-corrected chi connectivity index (χ1v) is 3.30. The SMILES string of the molecule is COC(=O)c1nccc(C(=O)O)n1. The molecule has 0 amide bonds. The number of ether oxygens (including phenoxy) is 1. The molecule has 0 unspecified atom stereocenters. The van der Waals surface area contributed by atoms with E-state index in [4.69, 9.17) is 5.11 Å². The summed E-state index contributed by atoms with van der Waals surface area (Å²) in [6, 6.07) is 1.19. The molecular weight excluding hydrogens is 176 g/mol. The van der Waals surface area contributed by atoms with Crippen LogP contribution in [-0.2, 0) is 4.74 Å². The minimum absolute atomic E-state index is 0.240. The zero-order chi connectivity index (χ0) is 9.84. The Labute approximate surface area is 73.2 Å². The summed E-state index contributed by atoms with van der Waals surface area (Å²) in [5.41, 5.74) is -0.240. The molecule has 0 spiro atoms. The summed E-state index contributed by atoms with van der Waals surface area (Å²) in [4.78, 5) is 28.3. The first kappa shape index (κ1) is 9.11. The van der Waals surface area contributed by atoms with Crippen LogP contribution >= 0.6 is 0 Å². The van der Waals surface area contributed by atoms with Crippen molar-refractivity contribution in [2.75, 3.05) is 7.11 Å². The van der Waals surface area contributed by atoms with Crippen LogP contribution in [0.5, 0.6) is 0 Å². The lowest BCUT2D eigenvalue weighted by atomic mass is 10.4. The maximum atomic E-state index is 10.8. The van der Waals surface area contributed by atoms with Crippen LogP contribution in [0.3, 0.4) is 0 Å².